The van der Waals surface area contributed by atoms with Gasteiger partial charge >= 0.3 is 5.97 Å². The number of ketones is 1. The first-order valence-corrected chi connectivity index (χ1v) is 9.94. The molecule has 0 saturated heterocycles. The fraction of sp³-hybridized carbons (Fsp3) is 0.429. The summed E-state index contributed by atoms with van der Waals surface area (Å²) in [6.07, 6.45) is 0.652. The van der Waals surface area contributed by atoms with Crippen LogP contribution in [0.25, 0.3) is 0 Å². The molecule has 27 heavy (non-hydrogen) atoms. The summed E-state index contributed by atoms with van der Waals surface area (Å²) in [5, 5.41) is 0.365. The van der Waals surface area contributed by atoms with Crippen molar-refractivity contribution in [3.8, 4) is 0 Å². The number of methoxy groups -OCH3 is 1. The van der Waals surface area contributed by atoms with Crippen molar-refractivity contribution in [1.82, 2.24) is 4.90 Å². The van der Waals surface area contributed by atoms with Crippen LogP contribution >= 0.6 is 22.9 Å². The monoisotopic (exact) mass is 408 g/mol. The van der Waals surface area contributed by atoms with Gasteiger partial charge in [0.1, 0.15) is 6.04 Å². The van der Waals surface area contributed by atoms with Gasteiger partial charge in [-0.2, -0.15) is 0 Å². The molecule has 1 aromatic carbocycles. The summed E-state index contributed by atoms with van der Waals surface area (Å²) in [7, 11) is -2.84. The number of carbonyl (C=O) groups is 2. The van der Waals surface area contributed by atoms with Crippen LogP contribution in [0, 0.1) is 5.41 Å². The number of hydrogen-bond donors (Lipinski definition) is 0. The lowest BCUT2D eigenvalue weighted by atomic mass is 9.89. The predicted molar refractivity (Wildman–Crippen MR) is 108 cm³/mol. The molecule has 0 bridgehead atoms. The zero-order valence-electron chi connectivity index (χ0n) is 18.5. The molecule has 0 amide bonds. The molecule has 1 aromatic heterocycles. The van der Waals surface area contributed by atoms with E-state index in [0.717, 1.165) is 10.4 Å². The van der Waals surface area contributed by atoms with E-state index in [9.17, 15) is 9.59 Å². The molecule has 0 radical (unpaired) electrons. The minimum absolute atomic E-state index is 0.0814. The van der Waals surface area contributed by atoms with Crippen molar-refractivity contribution in [2.45, 2.75) is 39.8 Å². The molecule has 144 valence electrons. The number of hydrogen-bond acceptors (Lipinski definition) is 5. The maximum absolute atomic E-state index is 12.8. The molecule has 0 N–H and O–H groups in total. The Balaban J connectivity index is 1.93. The highest BCUT2D eigenvalue weighted by Gasteiger charge is 2.34. The van der Waals surface area contributed by atoms with Crippen LogP contribution in [-0.2, 0) is 22.5 Å². The van der Waals surface area contributed by atoms with Gasteiger partial charge in [-0.05, 0) is 29.7 Å². The third-order valence-corrected chi connectivity index (χ3v) is 6.27. The summed E-state index contributed by atoms with van der Waals surface area (Å²) >= 11 is 7.82. The zero-order valence-corrected chi connectivity index (χ0v) is 17.1. The lowest BCUT2D eigenvalue weighted by molar-refractivity contribution is -0.147. The van der Waals surface area contributed by atoms with E-state index in [-0.39, 0.29) is 5.78 Å². The molecular formula is C21H24ClNO3S. The summed E-state index contributed by atoms with van der Waals surface area (Å²) in [6, 6.07) is 7.79. The van der Waals surface area contributed by atoms with Crippen LogP contribution in [-0.4, -0.2) is 30.2 Å². The minimum Gasteiger partial charge on any atom is -0.468 e. The maximum atomic E-state index is 12.8. The Morgan fingerprint density at radius 2 is 2.07 bits per heavy atom. The Kier molecular flexibility index (Phi) is 4.67. The van der Waals surface area contributed by atoms with Crippen LogP contribution in [0.15, 0.2) is 30.3 Å². The first-order valence-electron chi connectivity index (χ1n) is 10.2. The van der Waals surface area contributed by atoms with Gasteiger partial charge in [-0.25, -0.2) is 4.79 Å². The van der Waals surface area contributed by atoms with Crippen molar-refractivity contribution in [2.24, 2.45) is 5.41 Å². The predicted octanol–water partition coefficient (Wildman–Crippen LogP) is 4.90. The number of ether oxygens (including phenoxy) is 1. The average molecular weight is 409 g/mol. The average Bonchev–Trinajstić information content (AvgIpc) is 3.04. The van der Waals surface area contributed by atoms with Crippen LogP contribution in [0.1, 0.15) is 56.6 Å². The normalized spacial score (nSPS) is 18.0. The second kappa shape index (κ2) is 7.74. The van der Waals surface area contributed by atoms with Crippen LogP contribution in [0.4, 0.5) is 0 Å². The Labute approximate surface area is 173 Å². The molecule has 1 aliphatic heterocycles. The first kappa shape index (κ1) is 16.3. The van der Waals surface area contributed by atoms with E-state index >= 15 is 0 Å². The number of Topliss-reactive ketones (excluding diaryl/α,β-unsaturated/α-hetero) is 1. The molecule has 0 fully saturated rings. The lowest BCUT2D eigenvalue weighted by Gasteiger charge is -2.33. The van der Waals surface area contributed by atoms with Crippen molar-refractivity contribution in [1.29, 1.82) is 0 Å². The topological polar surface area (TPSA) is 46.6 Å². The Bertz CT molecular complexity index is 965. The minimum atomic E-state index is -2.84. The highest BCUT2D eigenvalue weighted by atomic mass is 35.5. The summed E-state index contributed by atoms with van der Waals surface area (Å²) < 4.78 is 26.7. The fourth-order valence-corrected chi connectivity index (χ4v) is 4.83. The van der Waals surface area contributed by atoms with E-state index in [2.05, 4.69) is 0 Å². The number of rotatable bonds is 4. The Morgan fingerprint density at radius 1 is 1.33 bits per heavy atom. The first-order chi connectivity index (χ1) is 13.9. The third kappa shape index (κ3) is 4.10. The molecule has 1 atom stereocenters. The number of esters is 1. The van der Waals surface area contributed by atoms with Gasteiger partial charge in [-0.1, -0.05) is 50.6 Å². The van der Waals surface area contributed by atoms with E-state index in [1.807, 2.05) is 31.7 Å². The molecule has 1 aliphatic rings. The summed E-state index contributed by atoms with van der Waals surface area (Å²) in [6.45, 7) is 6.58. The number of fused-ring (bicyclic) bond motifs is 1. The Morgan fingerprint density at radius 3 is 2.74 bits per heavy atom. The van der Waals surface area contributed by atoms with Crippen molar-refractivity contribution >= 4 is 34.7 Å². The van der Waals surface area contributed by atoms with Crippen LogP contribution < -0.4 is 0 Å². The third-order valence-electron chi connectivity index (χ3n) is 4.69. The molecule has 4 nitrogen and oxygen atoms in total. The standard InChI is InChI=1S/C21H24ClNO3S/c1-21(2,3)19(24)17-11-13-12-23(10-9-16(13)27-17)18(20(25)26-4)14-7-5-6-8-15(14)22/h5-8,11,18H,9-10,12H2,1-4H3/t18-/m0/s1/i4D3. The quantitative estimate of drug-likeness (QED) is 0.533. The van der Waals surface area contributed by atoms with Crippen molar-refractivity contribution in [2.75, 3.05) is 13.6 Å². The molecule has 0 saturated carbocycles. The van der Waals surface area contributed by atoms with E-state index in [0.29, 0.717) is 35.0 Å². The zero-order chi connectivity index (χ0) is 22.3. The molecule has 0 unspecified atom stereocenters. The van der Waals surface area contributed by atoms with E-state index in [4.69, 9.17) is 20.5 Å². The molecule has 2 aromatic rings. The molecule has 6 heteroatoms. The maximum Gasteiger partial charge on any atom is 0.327 e. The van der Waals surface area contributed by atoms with Crippen molar-refractivity contribution in [3.05, 3.63) is 56.2 Å². The molecular weight excluding hydrogens is 382 g/mol. The van der Waals surface area contributed by atoms with Crippen molar-refractivity contribution < 1.29 is 18.4 Å². The second-order valence-corrected chi connectivity index (χ2v) is 9.25. The van der Waals surface area contributed by atoms with Gasteiger partial charge in [0.05, 0.1) is 16.0 Å². The smallest absolute Gasteiger partial charge is 0.327 e. The highest BCUT2D eigenvalue weighted by Crippen LogP contribution is 2.36. The number of benzene rings is 1. The number of nitrogens with zero attached hydrogens (tertiary/aromatic N) is 1. The van der Waals surface area contributed by atoms with Crippen LogP contribution in [0.3, 0.4) is 0 Å². The van der Waals surface area contributed by atoms with E-state index < -0.39 is 24.5 Å². The summed E-state index contributed by atoms with van der Waals surface area (Å²) in [4.78, 5) is 29.2. The Hall–Kier alpha value is -1.69. The van der Waals surface area contributed by atoms with Gasteiger partial charge in [0.2, 0.25) is 0 Å². The fourth-order valence-electron chi connectivity index (χ4n) is 3.28. The van der Waals surface area contributed by atoms with Gasteiger partial charge < -0.3 is 4.74 Å². The largest absolute Gasteiger partial charge is 0.468 e. The second-order valence-electron chi connectivity index (χ2n) is 7.70. The van der Waals surface area contributed by atoms with Crippen LogP contribution in [0.5, 0.6) is 0 Å². The van der Waals surface area contributed by atoms with Gasteiger partial charge in [0.25, 0.3) is 0 Å². The molecule has 0 aliphatic carbocycles. The highest BCUT2D eigenvalue weighted by molar-refractivity contribution is 7.14. The van der Waals surface area contributed by atoms with Gasteiger partial charge in [0.15, 0.2) is 5.78 Å². The van der Waals surface area contributed by atoms with Gasteiger partial charge in [-0.15, -0.1) is 11.3 Å². The number of halogens is 1. The summed E-state index contributed by atoms with van der Waals surface area (Å²) in [5.74, 6) is -0.786. The van der Waals surface area contributed by atoms with Gasteiger partial charge in [-0.3, -0.25) is 9.69 Å². The van der Waals surface area contributed by atoms with Crippen molar-refractivity contribution in [3.63, 3.8) is 0 Å². The number of carbonyl (C=O) groups excluding carboxylic acids is 2. The van der Waals surface area contributed by atoms with E-state index in [1.165, 1.54) is 11.3 Å². The van der Waals surface area contributed by atoms with Gasteiger partial charge in [0, 0.05) is 28.4 Å². The van der Waals surface area contributed by atoms with Crippen LogP contribution in [0.2, 0.25) is 5.02 Å². The molecule has 0 spiro atoms. The summed E-state index contributed by atoms with van der Waals surface area (Å²) in [5.41, 5.74) is 0.993. The lowest BCUT2D eigenvalue weighted by Crippen LogP contribution is -2.38. The molecule has 3 rings (SSSR count). The number of thiophene rings is 1. The SMILES string of the molecule is [2H]C([2H])([2H])OC(=O)[C@H](c1ccccc1Cl)N1CCc2sc(C(=O)C(C)(C)C)cc2C1. The molecule has 2 heterocycles. The van der Waals surface area contributed by atoms with E-state index in [1.54, 1.807) is 24.3 Å².